The van der Waals surface area contributed by atoms with Crippen LogP contribution in [0, 0.1) is 5.92 Å². The van der Waals surface area contributed by atoms with Gasteiger partial charge in [-0.3, -0.25) is 9.59 Å². The Labute approximate surface area is 139 Å². The summed E-state index contributed by atoms with van der Waals surface area (Å²) < 4.78 is 11.4. The third kappa shape index (κ3) is 2.72. The van der Waals surface area contributed by atoms with E-state index in [9.17, 15) is 9.59 Å². The van der Waals surface area contributed by atoms with Crippen LogP contribution in [0.15, 0.2) is 39.5 Å². The molecule has 0 spiro atoms. The summed E-state index contributed by atoms with van der Waals surface area (Å²) in [5, 5.41) is 0.492. The second-order valence-corrected chi connectivity index (χ2v) is 6.71. The van der Waals surface area contributed by atoms with Crippen molar-refractivity contribution in [2.45, 2.75) is 6.04 Å². The van der Waals surface area contributed by atoms with Crippen LogP contribution in [0.3, 0.4) is 0 Å². The molecule has 0 radical (unpaired) electrons. The van der Waals surface area contributed by atoms with Gasteiger partial charge in [-0.25, -0.2) is 0 Å². The van der Waals surface area contributed by atoms with Gasteiger partial charge in [0.05, 0.1) is 24.6 Å². The maximum Gasteiger partial charge on any atom is 0.290 e. The highest BCUT2D eigenvalue weighted by Crippen LogP contribution is 2.22. The largest absolute Gasteiger partial charge is 0.451 e. The molecule has 2 aliphatic rings. The molecule has 2 bridgehead atoms. The number of fused-ring (bicyclic) bond motifs is 4. The lowest BCUT2D eigenvalue weighted by Gasteiger charge is -2.29. The van der Waals surface area contributed by atoms with E-state index in [0.29, 0.717) is 30.7 Å². The Kier molecular flexibility index (Phi) is 3.86. The van der Waals surface area contributed by atoms with Gasteiger partial charge in [-0.15, -0.1) is 0 Å². The summed E-state index contributed by atoms with van der Waals surface area (Å²) in [5.74, 6) is 0.154. The van der Waals surface area contributed by atoms with Crippen molar-refractivity contribution < 1.29 is 13.9 Å². The van der Waals surface area contributed by atoms with E-state index < -0.39 is 0 Å². The second-order valence-electron chi connectivity index (χ2n) is 6.71. The van der Waals surface area contributed by atoms with Crippen molar-refractivity contribution in [2.24, 2.45) is 5.92 Å². The first-order chi connectivity index (χ1) is 11.6. The summed E-state index contributed by atoms with van der Waals surface area (Å²) in [4.78, 5) is 29.3. The Hall–Kier alpha value is -2.18. The highest BCUT2D eigenvalue weighted by atomic mass is 16.5. The van der Waals surface area contributed by atoms with Crippen molar-refractivity contribution in [1.29, 1.82) is 0 Å². The molecule has 3 heterocycles. The summed E-state index contributed by atoms with van der Waals surface area (Å²) in [7, 11) is 2.06. The van der Waals surface area contributed by atoms with Crippen molar-refractivity contribution in [2.75, 3.05) is 39.9 Å². The SMILES string of the molecule is CN1C[C@@H]2COC[C@H](C1)N(C(=O)c1cc(=O)c3ccccc3o1)C2. The molecule has 6 nitrogen and oxygen atoms in total. The summed E-state index contributed by atoms with van der Waals surface area (Å²) in [5.41, 5.74) is 0.255. The van der Waals surface area contributed by atoms with Crippen LogP contribution in [-0.2, 0) is 4.74 Å². The molecule has 4 rings (SSSR count). The molecule has 2 aromatic rings. The van der Waals surface area contributed by atoms with Gasteiger partial charge in [0.25, 0.3) is 5.91 Å². The van der Waals surface area contributed by atoms with Gasteiger partial charge in [-0.1, -0.05) is 12.1 Å². The topological polar surface area (TPSA) is 63.0 Å². The molecule has 1 aromatic heterocycles. The molecule has 0 aliphatic carbocycles. The number of carbonyl (C=O) groups excluding carboxylic acids is 1. The first-order valence-electron chi connectivity index (χ1n) is 8.22. The molecular formula is C18H20N2O4. The van der Waals surface area contributed by atoms with Gasteiger partial charge in [-0.2, -0.15) is 0 Å². The van der Waals surface area contributed by atoms with Crippen molar-refractivity contribution in [3.05, 3.63) is 46.3 Å². The van der Waals surface area contributed by atoms with Gasteiger partial charge in [0.2, 0.25) is 0 Å². The van der Waals surface area contributed by atoms with Gasteiger partial charge >= 0.3 is 0 Å². The smallest absolute Gasteiger partial charge is 0.290 e. The lowest BCUT2D eigenvalue weighted by atomic mass is 10.1. The second kappa shape index (κ2) is 6.03. The predicted molar refractivity (Wildman–Crippen MR) is 89.1 cm³/mol. The van der Waals surface area contributed by atoms with Crippen LogP contribution in [0.2, 0.25) is 0 Å². The molecule has 1 aromatic carbocycles. The Morgan fingerprint density at radius 1 is 1.17 bits per heavy atom. The number of hydrogen-bond donors (Lipinski definition) is 0. The third-order valence-corrected chi connectivity index (χ3v) is 4.76. The highest BCUT2D eigenvalue weighted by molar-refractivity contribution is 5.93. The number of benzene rings is 1. The fourth-order valence-corrected chi connectivity index (χ4v) is 3.68. The summed E-state index contributed by atoms with van der Waals surface area (Å²) in [6.45, 7) is 3.48. The molecule has 0 N–H and O–H groups in total. The average Bonchev–Trinajstić information content (AvgIpc) is 2.84. The number of carbonyl (C=O) groups is 1. The zero-order valence-electron chi connectivity index (χ0n) is 13.6. The van der Waals surface area contributed by atoms with E-state index >= 15 is 0 Å². The summed E-state index contributed by atoms with van der Waals surface area (Å²) in [6.07, 6.45) is 0. The monoisotopic (exact) mass is 328 g/mol. The van der Waals surface area contributed by atoms with Crippen LogP contribution in [0.1, 0.15) is 10.6 Å². The minimum absolute atomic E-state index is 0.0215. The normalized spacial score (nSPS) is 24.8. The van der Waals surface area contributed by atoms with Crippen molar-refractivity contribution >= 4 is 16.9 Å². The van der Waals surface area contributed by atoms with Gasteiger partial charge in [0, 0.05) is 31.6 Å². The third-order valence-electron chi connectivity index (χ3n) is 4.76. The number of rotatable bonds is 1. The summed E-state index contributed by atoms with van der Waals surface area (Å²) in [6, 6.07) is 8.28. The van der Waals surface area contributed by atoms with Crippen LogP contribution < -0.4 is 5.43 Å². The average molecular weight is 328 g/mol. The van der Waals surface area contributed by atoms with Crippen molar-refractivity contribution in [1.82, 2.24) is 9.80 Å². The number of amides is 1. The lowest BCUT2D eigenvalue weighted by molar-refractivity contribution is 0.0466. The van der Waals surface area contributed by atoms with Crippen LogP contribution in [0.4, 0.5) is 0 Å². The first-order valence-corrected chi connectivity index (χ1v) is 8.22. The quantitative estimate of drug-likeness (QED) is 0.787. The van der Waals surface area contributed by atoms with Crippen molar-refractivity contribution in [3.63, 3.8) is 0 Å². The van der Waals surface area contributed by atoms with Crippen molar-refractivity contribution in [3.8, 4) is 0 Å². The minimum Gasteiger partial charge on any atom is -0.451 e. The molecule has 1 amide bonds. The molecule has 2 saturated heterocycles. The van der Waals surface area contributed by atoms with E-state index in [1.807, 2.05) is 4.90 Å². The van der Waals surface area contributed by atoms with Crippen LogP contribution >= 0.6 is 0 Å². The molecular weight excluding hydrogens is 308 g/mol. The fraction of sp³-hybridized carbons (Fsp3) is 0.444. The molecule has 2 atom stereocenters. The van der Waals surface area contributed by atoms with Crippen LogP contribution in [0.5, 0.6) is 0 Å². The van der Waals surface area contributed by atoms with E-state index in [2.05, 4.69) is 11.9 Å². The Morgan fingerprint density at radius 2 is 2.00 bits per heavy atom. The molecule has 126 valence electrons. The molecule has 24 heavy (non-hydrogen) atoms. The Morgan fingerprint density at radius 3 is 2.88 bits per heavy atom. The molecule has 6 heteroatoms. The first kappa shape index (κ1) is 15.4. The number of para-hydroxylation sites is 1. The number of ether oxygens (including phenoxy) is 1. The molecule has 0 unspecified atom stereocenters. The number of likely N-dealkylation sites (N-methyl/N-ethyl adjacent to an activating group) is 1. The van der Waals surface area contributed by atoms with Crippen LogP contribution in [-0.4, -0.2) is 61.6 Å². The summed E-state index contributed by atoms with van der Waals surface area (Å²) >= 11 is 0. The highest BCUT2D eigenvalue weighted by Gasteiger charge is 2.36. The Bertz CT molecular complexity index is 831. The van der Waals surface area contributed by atoms with E-state index in [1.165, 1.54) is 6.07 Å². The van der Waals surface area contributed by atoms with Crippen LogP contribution in [0.25, 0.3) is 11.0 Å². The molecule has 0 saturated carbocycles. The van der Waals surface area contributed by atoms with E-state index in [0.717, 1.165) is 13.1 Å². The minimum atomic E-state index is -0.228. The number of hydrogen-bond acceptors (Lipinski definition) is 5. The lowest BCUT2D eigenvalue weighted by Crippen LogP contribution is -2.46. The van der Waals surface area contributed by atoms with Gasteiger partial charge in [0.1, 0.15) is 5.58 Å². The van der Waals surface area contributed by atoms with E-state index in [4.69, 9.17) is 9.15 Å². The molecule has 2 aliphatic heterocycles. The molecule has 2 fully saturated rings. The van der Waals surface area contributed by atoms with Gasteiger partial charge < -0.3 is 19.0 Å². The predicted octanol–water partition coefficient (Wildman–Crippen LogP) is 1.20. The van der Waals surface area contributed by atoms with Gasteiger partial charge in [-0.05, 0) is 19.2 Å². The van der Waals surface area contributed by atoms with Gasteiger partial charge in [0.15, 0.2) is 11.2 Å². The maximum atomic E-state index is 13.0. The standard InChI is InChI=1S/C18H20N2O4/c1-19-7-12-8-20(13(9-19)11-23-10-12)18(22)17-6-15(21)14-4-2-3-5-16(14)24-17/h2-6,12-13H,7-11H2,1H3/t12-,13-/m0/s1. The zero-order chi connectivity index (χ0) is 16.7. The Balaban J connectivity index is 1.71. The maximum absolute atomic E-state index is 13.0. The van der Waals surface area contributed by atoms with E-state index in [-0.39, 0.29) is 29.1 Å². The van der Waals surface area contributed by atoms with E-state index in [1.54, 1.807) is 24.3 Å². The number of nitrogens with zero attached hydrogens (tertiary/aromatic N) is 2. The zero-order valence-corrected chi connectivity index (χ0v) is 13.6. The fourth-order valence-electron chi connectivity index (χ4n) is 3.68.